The average Bonchev–Trinajstić information content (AvgIpc) is 2.24. The first-order valence-electron chi connectivity index (χ1n) is 5.32. The molecule has 0 aromatic heterocycles. The molecular weight excluding hydrogens is 267 g/mol. The van der Waals surface area contributed by atoms with E-state index < -0.39 is 12.7 Å². The Hall–Kier alpha value is -1.23. The van der Waals surface area contributed by atoms with E-state index in [-0.39, 0.29) is 17.3 Å². The van der Waals surface area contributed by atoms with Gasteiger partial charge in [-0.1, -0.05) is 11.6 Å². The largest absolute Gasteiger partial charge is 0.405 e. The Morgan fingerprint density at radius 2 is 2.00 bits per heavy atom. The van der Waals surface area contributed by atoms with Gasteiger partial charge < -0.3 is 4.90 Å². The molecule has 6 heteroatoms. The van der Waals surface area contributed by atoms with Crippen molar-refractivity contribution in [3.05, 3.63) is 28.8 Å². The maximum absolute atomic E-state index is 12.5. The number of nitrogens with zero attached hydrogens (tertiary/aromatic N) is 1. The molecule has 0 fully saturated rings. The van der Waals surface area contributed by atoms with Crippen LogP contribution in [0.5, 0.6) is 0 Å². The summed E-state index contributed by atoms with van der Waals surface area (Å²) in [7, 11) is 0. The van der Waals surface area contributed by atoms with Crippen molar-refractivity contribution in [2.75, 3.05) is 11.4 Å². The molecule has 1 rings (SSSR count). The Kier molecular flexibility index (Phi) is 4.62. The minimum absolute atomic E-state index is 0.153. The van der Waals surface area contributed by atoms with Crippen molar-refractivity contribution in [3.63, 3.8) is 0 Å². The molecule has 0 N–H and O–H groups in total. The van der Waals surface area contributed by atoms with E-state index in [1.807, 2.05) is 0 Å². The monoisotopic (exact) mass is 279 g/mol. The Morgan fingerprint density at radius 3 is 2.44 bits per heavy atom. The molecule has 1 aromatic carbocycles. The summed E-state index contributed by atoms with van der Waals surface area (Å²) in [4.78, 5) is 12.0. The van der Waals surface area contributed by atoms with Gasteiger partial charge in [0.2, 0.25) is 0 Å². The van der Waals surface area contributed by atoms with Gasteiger partial charge in [0.1, 0.15) is 6.54 Å². The summed E-state index contributed by atoms with van der Waals surface area (Å²) in [5, 5.41) is 0.316. The van der Waals surface area contributed by atoms with Gasteiger partial charge in [-0.2, -0.15) is 13.2 Å². The van der Waals surface area contributed by atoms with E-state index in [0.29, 0.717) is 11.3 Å². The Bertz CT molecular complexity index is 432. The van der Waals surface area contributed by atoms with Gasteiger partial charge in [0.05, 0.1) is 0 Å². The van der Waals surface area contributed by atoms with E-state index in [1.54, 1.807) is 13.8 Å². The molecule has 0 aliphatic rings. The second-order valence-electron chi connectivity index (χ2n) is 4.16. The first-order chi connectivity index (χ1) is 8.24. The molecule has 0 radical (unpaired) electrons. The number of aldehydes is 1. The minimum atomic E-state index is -4.33. The highest BCUT2D eigenvalue weighted by molar-refractivity contribution is 6.31. The third-order valence-electron chi connectivity index (χ3n) is 2.40. The summed E-state index contributed by atoms with van der Waals surface area (Å²) in [6, 6.07) is 3.87. The first-order valence-corrected chi connectivity index (χ1v) is 5.70. The summed E-state index contributed by atoms with van der Waals surface area (Å²) in [6.07, 6.45) is -3.82. The molecule has 0 saturated heterocycles. The van der Waals surface area contributed by atoms with E-state index >= 15 is 0 Å². The fourth-order valence-electron chi connectivity index (χ4n) is 1.62. The van der Waals surface area contributed by atoms with E-state index in [0.717, 1.165) is 4.90 Å². The number of benzene rings is 1. The third-order valence-corrected chi connectivity index (χ3v) is 2.63. The standard InChI is InChI=1S/C12H13ClF3NO/c1-8(2)17(7-12(14,15)16)11-4-3-10(13)5-9(11)6-18/h3-6,8H,7H2,1-2H3. The van der Waals surface area contributed by atoms with Crippen LogP contribution >= 0.6 is 11.6 Å². The van der Waals surface area contributed by atoms with Crippen molar-refractivity contribution in [2.24, 2.45) is 0 Å². The van der Waals surface area contributed by atoms with Crippen LogP contribution in [0.15, 0.2) is 18.2 Å². The lowest BCUT2D eigenvalue weighted by Crippen LogP contribution is -2.39. The van der Waals surface area contributed by atoms with E-state index in [2.05, 4.69) is 0 Å². The summed E-state index contributed by atoms with van der Waals surface area (Å²) in [6.45, 7) is 2.16. The number of hydrogen-bond donors (Lipinski definition) is 0. The zero-order valence-corrected chi connectivity index (χ0v) is 10.7. The van der Waals surface area contributed by atoms with E-state index in [9.17, 15) is 18.0 Å². The molecule has 1 aromatic rings. The molecule has 0 amide bonds. The highest BCUT2D eigenvalue weighted by Crippen LogP contribution is 2.28. The lowest BCUT2D eigenvalue weighted by molar-refractivity contribution is -0.120. The molecule has 0 atom stereocenters. The zero-order chi connectivity index (χ0) is 13.9. The molecule has 0 aliphatic heterocycles. The van der Waals surface area contributed by atoms with Crippen LogP contribution in [0.4, 0.5) is 18.9 Å². The smallest absolute Gasteiger partial charge is 0.360 e. The van der Waals surface area contributed by atoms with Crippen molar-refractivity contribution in [3.8, 4) is 0 Å². The van der Waals surface area contributed by atoms with Crippen LogP contribution in [-0.4, -0.2) is 25.0 Å². The van der Waals surface area contributed by atoms with Crippen molar-refractivity contribution >= 4 is 23.6 Å². The van der Waals surface area contributed by atoms with Crippen molar-refractivity contribution in [1.82, 2.24) is 0 Å². The summed E-state index contributed by atoms with van der Waals surface area (Å²) < 4.78 is 37.5. The SMILES string of the molecule is CC(C)N(CC(F)(F)F)c1ccc(Cl)cc1C=O. The van der Waals surface area contributed by atoms with Crippen LogP contribution in [-0.2, 0) is 0 Å². The maximum Gasteiger partial charge on any atom is 0.405 e. The summed E-state index contributed by atoms with van der Waals surface area (Å²) >= 11 is 5.71. The van der Waals surface area contributed by atoms with Crippen molar-refractivity contribution < 1.29 is 18.0 Å². The van der Waals surface area contributed by atoms with Gasteiger partial charge in [-0.25, -0.2) is 0 Å². The number of anilines is 1. The van der Waals surface area contributed by atoms with Gasteiger partial charge in [0, 0.05) is 22.3 Å². The second-order valence-corrected chi connectivity index (χ2v) is 4.59. The fourth-order valence-corrected chi connectivity index (χ4v) is 1.80. The fraction of sp³-hybridized carbons (Fsp3) is 0.417. The normalized spacial score (nSPS) is 11.7. The highest BCUT2D eigenvalue weighted by Gasteiger charge is 2.32. The molecule has 0 unspecified atom stereocenters. The van der Waals surface area contributed by atoms with Gasteiger partial charge in [0.15, 0.2) is 6.29 Å². The van der Waals surface area contributed by atoms with Gasteiger partial charge >= 0.3 is 6.18 Å². The minimum Gasteiger partial charge on any atom is -0.360 e. The van der Waals surface area contributed by atoms with Crippen LogP contribution in [0.25, 0.3) is 0 Å². The van der Waals surface area contributed by atoms with E-state index in [1.165, 1.54) is 18.2 Å². The quantitative estimate of drug-likeness (QED) is 0.778. The lowest BCUT2D eigenvalue weighted by Gasteiger charge is -2.30. The van der Waals surface area contributed by atoms with Crippen LogP contribution in [0.1, 0.15) is 24.2 Å². The molecular formula is C12H13ClF3NO. The van der Waals surface area contributed by atoms with Gasteiger partial charge in [-0.3, -0.25) is 4.79 Å². The predicted molar refractivity (Wildman–Crippen MR) is 65.4 cm³/mol. The summed E-state index contributed by atoms with van der Waals surface area (Å²) in [5.74, 6) is 0. The number of carbonyl (C=O) groups excluding carboxylic acids is 1. The Morgan fingerprint density at radius 1 is 1.39 bits per heavy atom. The number of hydrogen-bond acceptors (Lipinski definition) is 2. The average molecular weight is 280 g/mol. The second kappa shape index (κ2) is 5.61. The predicted octanol–water partition coefficient (Wildman–Crippen LogP) is 3.93. The van der Waals surface area contributed by atoms with Crippen LogP contribution in [0.3, 0.4) is 0 Å². The molecule has 100 valence electrons. The van der Waals surface area contributed by atoms with E-state index in [4.69, 9.17) is 11.6 Å². The molecule has 18 heavy (non-hydrogen) atoms. The topological polar surface area (TPSA) is 20.3 Å². The Labute approximate surface area is 108 Å². The highest BCUT2D eigenvalue weighted by atomic mass is 35.5. The number of rotatable bonds is 4. The van der Waals surface area contributed by atoms with Gasteiger partial charge in [0.25, 0.3) is 0 Å². The zero-order valence-electron chi connectivity index (χ0n) is 9.96. The third kappa shape index (κ3) is 3.91. The van der Waals surface area contributed by atoms with Gasteiger partial charge in [-0.15, -0.1) is 0 Å². The number of halogens is 4. The molecule has 0 spiro atoms. The molecule has 0 heterocycles. The maximum atomic E-state index is 12.5. The van der Waals surface area contributed by atoms with Crippen LogP contribution in [0.2, 0.25) is 5.02 Å². The first kappa shape index (κ1) is 14.8. The van der Waals surface area contributed by atoms with Gasteiger partial charge in [-0.05, 0) is 32.0 Å². The number of carbonyl (C=O) groups is 1. The molecule has 0 aliphatic carbocycles. The van der Waals surface area contributed by atoms with Crippen LogP contribution < -0.4 is 4.90 Å². The molecule has 0 bridgehead atoms. The molecule has 0 saturated carbocycles. The Balaban J connectivity index is 3.17. The van der Waals surface area contributed by atoms with Crippen LogP contribution in [0, 0.1) is 0 Å². The summed E-state index contributed by atoms with van der Waals surface area (Å²) in [5.41, 5.74) is 0.391. The molecule has 2 nitrogen and oxygen atoms in total. The number of alkyl halides is 3. The van der Waals surface area contributed by atoms with Crippen molar-refractivity contribution in [2.45, 2.75) is 26.1 Å². The van der Waals surface area contributed by atoms with Crippen molar-refractivity contribution in [1.29, 1.82) is 0 Å². The lowest BCUT2D eigenvalue weighted by atomic mass is 10.1.